The Kier molecular flexibility index (Phi) is 5.24. The van der Waals surface area contributed by atoms with Gasteiger partial charge in [-0.3, -0.25) is 9.69 Å². The minimum Gasteiger partial charge on any atom is -0.486 e. The van der Waals surface area contributed by atoms with Gasteiger partial charge in [0.2, 0.25) is 0 Å². The first-order valence-electron chi connectivity index (χ1n) is 10.9. The molecule has 1 saturated carbocycles. The standard InChI is InChI=1S/C25H27N3O3/c1-16(28(2)18-8-9-18)15-26-25(29)20-14-22(27-21-6-4-3-5-19(20)21)17-7-10-23-24(13-17)31-12-11-30-23/h3-7,10,13-14,16,18H,8-9,11-12,15H2,1-2H3,(H,26,29). The number of benzene rings is 2. The highest BCUT2D eigenvalue weighted by Gasteiger charge is 2.29. The van der Waals surface area contributed by atoms with Crippen LogP contribution in [0.5, 0.6) is 11.5 Å². The van der Waals surface area contributed by atoms with Crippen LogP contribution in [0, 0.1) is 0 Å². The number of hydrogen-bond donors (Lipinski definition) is 1. The molecule has 0 spiro atoms. The van der Waals surface area contributed by atoms with Gasteiger partial charge in [0.15, 0.2) is 11.5 Å². The van der Waals surface area contributed by atoms with Crippen molar-refractivity contribution < 1.29 is 14.3 Å². The summed E-state index contributed by atoms with van der Waals surface area (Å²) in [6.45, 7) is 3.85. The van der Waals surface area contributed by atoms with Crippen LogP contribution in [-0.4, -0.2) is 54.7 Å². The summed E-state index contributed by atoms with van der Waals surface area (Å²) in [6, 6.07) is 16.4. The highest BCUT2D eigenvalue weighted by molar-refractivity contribution is 6.07. The molecule has 1 aliphatic carbocycles. The number of para-hydroxylation sites is 1. The van der Waals surface area contributed by atoms with Gasteiger partial charge in [0.25, 0.3) is 5.91 Å². The molecule has 1 amide bonds. The zero-order chi connectivity index (χ0) is 21.4. The summed E-state index contributed by atoms with van der Waals surface area (Å²) < 4.78 is 11.4. The lowest BCUT2D eigenvalue weighted by Gasteiger charge is -2.24. The number of carbonyl (C=O) groups is 1. The second-order valence-corrected chi connectivity index (χ2v) is 8.39. The number of amides is 1. The van der Waals surface area contributed by atoms with E-state index < -0.39 is 0 Å². The van der Waals surface area contributed by atoms with E-state index in [0.29, 0.717) is 43.2 Å². The van der Waals surface area contributed by atoms with Crippen LogP contribution in [0.25, 0.3) is 22.2 Å². The lowest BCUT2D eigenvalue weighted by atomic mass is 10.0. The zero-order valence-corrected chi connectivity index (χ0v) is 17.9. The molecule has 6 nitrogen and oxygen atoms in total. The minimum atomic E-state index is -0.0755. The molecule has 0 bridgehead atoms. The van der Waals surface area contributed by atoms with Gasteiger partial charge in [0.05, 0.1) is 16.8 Å². The summed E-state index contributed by atoms with van der Waals surface area (Å²) in [5.74, 6) is 1.37. The molecule has 6 heteroatoms. The molecule has 31 heavy (non-hydrogen) atoms. The third-order valence-corrected chi connectivity index (χ3v) is 6.17. The van der Waals surface area contributed by atoms with Crippen LogP contribution in [0.4, 0.5) is 0 Å². The molecule has 1 unspecified atom stereocenters. The lowest BCUT2D eigenvalue weighted by molar-refractivity contribution is 0.0941. The van der Waals surface area contributed by atoms with Crippen LogP contribution in [0.15, 0.2) is 48.5 Å². The maximum absolute atomic E-state index is 13.2. The molecule has 0 radical (unpaired) electrons. The quantitative estimate of drug-likeness (QED) is 0.659. The van der Waals surface area contributed by atoms with Gasteiger partial charge in [-0.1, -0.05) is 18.2 Å². The van der Waals surface area contributed by atoms with E-state index in [1.54, 1.807) is 0 Å². The lowest BCUT2D eigenvalue weighted by Crippen LogP contribution is -2.41. The molecule has 2 heterocycles. The Morgan fingerprint density at radius 3 is 2.71 bits per heavy atom. The first kappa shape index (κ1) is 19.8. The number of pyridine rings is 1. The van der Waals surface area contributed by atoms with E-state index in [2.05, 4.69) is 24.2 Å². The third-order valence-electron chi connectivity index (χ3n) is 6.17. The monoisotopic (exact) mass is 417 g/mol. The molecule has 1 aromatic heterocycles. The van der Waals surface area contributed by atoms with Gasteiger partial charge in [-0.15, -0.1) is 0 Å². The SMILES string of the molecule is CC(CNC(=O)c1cc(-c2ccc3c(c2)OCCO3)nc2ccccc12)N(C)C1CC1. The number of likely N-dealkylation sites (N-methyl/N-ethyl adjacent to an activating group) is 1. The second kappa shape index (κ2) is 8.19. The van der Waals surface area contributed by atoms with Gasteiger partial charge >= 0.3 is 0 Å². The Morgan fingerprint density at radius 1 is 1.13 bits per heavy atom. The van der Waals surface area contributed by atoms with E-state index >= 15 is 0 Å². The fourth-order valence-corrected chi connectivity index (χ4v) is 4.04. The average Bonchev–Trinajstić information content (AvgIpc) is 3.66. The summed E-state index contributed by atoms with van der Waals surface area (Å²) in [7, 11) is 2.14. The molecule has 3 aromatic rings. The number of nitrogens with zero attached hydrogens (tertiary/aromatic N) is 2. The van der Waals surface area contributed by atoms with Gasteiger partial charge in [-0.05, 0) is 57.1 Å². The summed E-state index contributed by atoms with van der Waals surface area (Å²) in [4.78, 5) is 20.3. The summed E-state index contributed by atoms with van der Waals surface area (Å²) in [5.41, 5.74) is 3.06. The van der Waals surface area contributed by atoms with Gasteiger partial charge in [0.1, 0.15) is 13.2 Å². The fourth-order valence-electron chi connectivity index (χ4n) is 4.04. The topological polar surface area (TPSA) is 63.7 Å². The number of aromatic nitrogens is 1. The molecule has 1 atom stereocenters. The van der Waals surface area contributed by atoms with Gasteiger partial charge in [0, 0.05) is 29.6 Å². The molecule has 2 aromatic carbocycles. The van der Waals surface area contributed by atoms with E-state index in [1.807, 2.05) is 48.5 Å². The molecular weight excluding hydrogens is 390 g/mol. The van der Waals surface area contributed by atoms with Crippen LogP contribution in [0.2, 0.25) is 0 Å². The van der Waals surface area contributed by atoms with Gasteiger partial charge in [-0.2, -0.15) is 0 Å². The predicted molar refractivity (Wildman–Crippen MR) is 121 cm³/mol. The van der Waals surface area contributed by atoms with Crippen LogP contribution in [-0.2, 0) is 0 Å². The maximum Gasteiger partial charge on any atom is 0.252 e. The Balaban J connectivity index is 1.45. The van der Waals surface area contributed by atoms with Crippen molar-refractivity contribution in [2.75, 3.05) is 26.8 Å². The van der Waals surface area contributed by atoms with Crippen molar-refractivity contribution in [2.24, 2.45) is 0 Å². The van der Waals surface area contributed by atoms with Gasteiger partial charge < -0.3 is 14.8 Å². The molecule has 5 rings (SSSR count). The number of ether oxygens (including phenoxy) is 2. The van der Waals surface area contributed by atoms with Crippen molar-refractivity contribution in [1.29, 1.82) is 0 Å². The Bertz CT molecular complexity index is 1130. The molecule has 1 aliphatic heterocycles. The number of carbonyl (C=O) groups excluding carboxylic acids is 1. The Morgan fingerprint density at radius 2 is 1.90 bits per heavy atom. The molecular formula is C25H27N3O3. The second-order valence-electron chi connectivity index (χ2n) is 8.39. The van der Waals surface area contributed by atoms with Crippen molar-refractivity contribution in [2.45, 2.75) is 31.8 Å². The highest BCUT2D eigenvalue weighted by atomic mass is 16.6. The van der Waals surface area contributed by atoms with E-state index in [0.717, 1.165) is 27.9 Å². The average molecular weight is 418 g/mol. The Labute approximate surface area is 182 Å². The smallest absolute Gasteiger partial charge is 0.252 e. The van der Waals surface area contributed by atoms with E-state index in [-0.39, 0.29) is 5.91 Å². The fraction of sp³-hybridized carbons (Fsp3) is 0.360. The predicted octanol–water partition coefficient (Wildman–Crippen LogP) is 3.89. The zero-order valence-electron chi connectivity index (χ0n) is 17.9. The van der Waals surface area contributed by atoms with E-state index in [9.17, 15) is 4.79 Å². The molecule has 160 valence electrons. The van der Waals surface area contributed by atoms with Gasteiger partial charge in [-0.25, -0.2) is 4.98 Å². The van der Waals surface area contributed by atoms with Crippen molar-refractivity contribution in [3.8, 4) is 22.8 Å². The summed E-state index contributed by atoms with van der Waals surface area (Å²) in [6.07, 6.45) is 2.51. The molecule has 2 aliphatic rings. The number of fused-ring (bicyclic) bond motifs is 2. The maximum atomic E-state index is 13.2. The highest BCUT2D eigenvalue weighted by Crippen LogP contribution is 2.35. The normalized spacial score (nSPS) is 16.4. The molecule has 1 N–H and O–H groups in total. The number of nitrogens with one attached hydrogen (secondary N) is 1. The van der Waals surface area contributed by atoms with Crippen molar-refractivity contribution >= 4 is 16.8 Å². The van der Waals surface area contributed by atoms with Crippen molar-refractivity contribution in [1.82, 2.24) is 15.2 Å². The van der Waals surface area contributed by atoms with E-state index in [4.69, 9.17) is 14.5 Å². The third kappa shape index (κ3) is 4.08. The summed E-state index contributed by atoms with van der Waals surface area (Å²) in [5, 5.41) is 3.98. The molecule has 1 fully saturated rings. The minimum absolute atomic E-state index is 0.0755. The van der Waals surface area contributed by atoms with E-state index in [1.165, 1.54) is 12.8 Å². The van der Waals surface area contributed by atoms with Crippen LogP contribution < -0.4 is 14.8 Å². The molecule has 0 saturated heterocycles. The first-order chi connectivity index (χ1) is 15.1. The van der Waals surface area contributed by atoms with Crippen molar-refractivity contribution in [3.63, 3.8) is 0 Å². The van der Waals surface area contributed by atoms with Crippen LogP contribution >= 0.6 is 0 Å². The number of rotatable bonds is 6. The van der Waals surface area contributed by atoms with Crippen molar-refractivity contribution in [3.05, 3.63) is 54.1 Å². The number of hydrogen-bond acceptors (Lipinski definition) is 5. The van der Waals surface area contributed by atoms with Crippen LogP contribution in [0.3, 0.4) is 0 Å². The Hall–Kier alpha value is -3.12. The summed E-state index contributed by atoms with van der Waals surface area (Å²) >= 11 is 0. The first-order valence-corrected chi connectivity index (χ1v) is 10.9. The van der Waals surface area contributed by atoms with Crippen LogP contribution in [0.1, 0.15) is 30.1 Å². The largest absolute Gasteiger partial charge is 0.486 e.